The van der Waals surface area contributed by atoms with Crippen LogP contribution in [-0.2, 0) is 22.9 Å². The zero-order valence-corrected chi connectivity index (χ0v) is 22.2. The molecule has 2 heterocycles. The van der Waals surface area contributed by atoms with Gasteiger partial charge in [0, 0.05) is 51.6 Å². The van der Waals surface area contributed by atoms with Crippen LogP contribution in [0.5, 0.6) is 5.75 Å². The Morgan fingerprint density at radius 2 is 1.57 bits per heavy atom. The molecule has 0 fully saturated rings. The van der Waals surface area contributed by atoms with E-state index in [1.165, 1.54) is 44.7 Å². The molecule has 0 unspecified atom stereocenters. The molecule has 37 heavy (non-hydrogen) atoms. The summed E-state index contributed by atoms with van der Waals surface area (Å²) in [5.74, 6) is 0.899. The number of hydrogen-bond acceptors (Lipinski definition) is 5. The smallest absolute Gasteiger partial charge is 0.209 e. The van der Waals surface area contributed by atoms with Crippen LogP contribution < -0.4 is 4.74 Å². The van der Waals surface area contributed by atoms with Crippen LogP contribution in [0.3, 0.4) is 0 Å². The van der Waals surface area contributed by atoms with Crippen molar-refractivity contribution >= 4 is 38.8 Å². The van der Waals surface area contributed by atoms with Gasteiger partial charge in [0.2, 0.25) is 5.69 Å². The molecule has 0 atom stereocenters. The Morgan fingerprint density at radius 1 is 0.946 bits per heavy atom. The highest BCUT2D eigenvalue weighted by molar-refractivity contribution is 7.79. The van der Waals surface area contributed by atoms with Crippen LogP contribution in [0.4, 0.5) is 5.69 Å². The van der Waals surface area contributed by atoms with Gasteiger partial charge in [-0.3, -0.25) is 8.42 Å². The molecule has 0 amide bonds. The van der Waals surface area contributed by atoms with Gasteiger partial charge >= 0.3 is 0 Å². The van der Waals surface area contributed by atoms with E-state index in [-0.39, 0.29) is 5.41 Å². The molecule has 1 aromatic heterocycles. The second-order valence-electron chi connectivity index (χ2n) is 9.40. The Hall–Kier alpha value is -3.72. The first-order valence-electron chi connectivity index (χ1n) is 11.7. The maximum Gasteiger partial charge on any atom is 0.209 e. The van der Waals surface area contributed by atoms with Gasteiger partial charge in [-0.05, 0) is 43.7 Å². The number of ether oxygens (including phenoxy) is 1. The van der Waals surface area contributed by atoms with E-state index in [4.69, 9.17) is 22.3 Å². The van der Waals surface area contributed by atoms with Crippen LogP contribution in [0.1, 0.15) is 25.0 Å². The molecule has 0 N–H and O–H groups in total. The van der Waals surface area contributed by atoms with Crippen LogP contribution in [0.15, 0.2) is 78.9 Å². The molecule has 0 bridgehead atoms. The topological polar surface area (TPSA) is 97.4 Å². The van der Waals surface area contributed by atoms with Crippen molar-refractivity contribution in [3.63, 3.8) is 0 Å². The third kappa shape index (κ3) is 5.22. The summed E-state index contributed by atoms with van der Waals surface area (Å²) in [6, 6.07) is 25.7. The fraction of sp³-hybridized carbons (Fsp3) is 0.207. The zero-order valence-electron chi connectivity index (χ0n) is 21.4. The van der Waals surface area contributed by atoms with Gasteiger partial charge in [-0.1, -0.05) is 48.5 Å². The Labute approximate surface area is 217 Å². The normalized spacial score (nSPS) is 14.6. The Balaban J connectivity index is 0.000000586. The molecule has 4 aromatic rings. The number of benzene rings is 3. The monoisotopic (exact) mass is 517 g/mol. The van der Waals surface area contributed by atoms with Gasteiger partial charge in [0.15, 0.2) is 5.71 Å². The summed E-state index contributed by atoms with van der Waals surface area (Å²) >= 11 is 0. The third-order valence-electron chi connectivity index (χ3n) is 6.84. The van der Waals surface area contributed by atoms with Crippen molar-refractivity contribution in [3.8, 4) is 17.0 Å². The molecule has 0 aliphatic carbocycles. The van der Waals surface area contributed by atoms with Crippen molar-refractivity contribution in [2.24, 2.45) is 7.05 Å². The summed E-state index contributed by atoms with van der Waals surface area (Å²) in [5.41, 5.74) is 8.63. The molecule has 5 rings (SSSR count). The fourth-order valence-electron chi connectivity index (χ4n) is 5.14. The van der Waals surface area contributed by atoms with Crippen LogP contribution in [0, 0.1) is 0 Å². The van der Waals surface area contributed by atoms with Crippen molar-refractivity contribution < 1.29 is 26.8 Å². The second-order valence-corrected chi connectivity index (χ2v) is 10.2. The number of rotatable bonds is 4. The highest BCUT2D eigenvalue weighted by Gasteiger charge is 2.43. The average molecular weight is 518 g/mol. The van der Waals surface area contributed by atoms with E-state index >= 15 is 0 Å². The van der Waals surface area contributed by atoms with Crippen LogP contribution in [-0.4, -0.2) is 46.5 Å². The van der Waals surface area contributed by atoms with Crippen LogP contribution in [0.25, 0.3) is 28.2 Å². The SMILES string of the molecule is COc1ccc2c(c1)C(C)(C)C(/C=C/c1c(-c3ccccc3)n(C)c3ccccc13)=[N+]2C.O=S(=O)([O-])[O-]. The second kappa shape index (κ2) is 9.97. The Morgan fingerprint density at radius 3 is 2.22 bits per heavy atom. The maximum atomic E-state index is 8.52. The quantitative estimate of drug-likeness (QED) is 0.210. The van der Waals surface area contributed by atoms with Crippen molar-refractivity contribution in [2.75, 3.05) is 14.2 Å². The molecule has 3 aromatic carbocycles. The molecule has 0 spiro atoms. The standard InChI is InChI=1S/C29H29N2O.H2O4S/c1-29(2)24-19-21(32-5)15-17-26(24)30(3)27(29)18-16-23-22-13-9-10-14-25(22)31(4)28(23)20-11-7-6-8-12-20;1-5(2,3)4/h6-19H,1-5H3;(H2,1,2,3,4)/q+1;/p-2. The highest BCUT2D eigenvalue weighted by Crippen LogP contribution is 2.42. The maximum absolute atomic E-state index is 8.52. The van der Waals surface area contributed by atoms with Gasteiger partial charge in [0.25, 0.3) is 0 Å². The zero-order chi connectivity index (χ0) is 27.0. The number of allylic oxidation sites excluding steroid dienone is 1. The average Bonchev–Trinajstić information content (AvgIpc) is 3.24. The fourth-order valence-corrected chi connectivity index (χ4v) is 5.14. The molecule has 1 aliphatic heterocycles. The van der Waals surface area contributed by atoms with Gasteiger partial charge in [0.1, 0.15) is 12.8 Å². The van der Waals surface area contributed by atoms with Crippen LogP contribution >= 0.6 is 0 Å². The molecule has 0 saturated heterocycles. The minimum atomic E-state index is -5.17. The molecule has 7 nitrogen and oxygen atoms in total. The van der Waals surface area contributed by atoms with Crippen molar-refractivity contribution in [2.45, 2.75) is 19.3 Å². The molecule has 8 heteroatoms. The molecular formula is C29H29N2O5S-. The number of nitrogens with zero attached hydrogens (tertiary/aromatic N) is 2. The summed E-state index contributed by atoms with van der Waals surface area (Å²) in [6.07, 6.45) is 4.59. The summed E-state index contributed by atoms with van der Waals surface area (Å²) in [6.45, 7) is 4.57. The van der Waals surface area contributed by atoms with E-state index in [2.05, 4.69) is 116 Å². The lowest BCUT2D eigenvalue weighted by molar-refractivity contribution is -0.401. The van der Waals surface area contributed by atoms with Gasteiger partial charge in [-0.25, -0.2) is 0 Å². The predicted molar refractivity (Wildman–Crippen MR) is 145 cm³/mol. The number of para-hydroxylation sites is 1. The summed E-state index contributed by atoms with van der Waals surface area (Å²) in [7, 11) is 0.868. The van der Waals surface area contributed by atoms with E-state index in [0.717, 1.165) is 5.75 Å². The van der Waals surface area contributed by atoms with Crippen molar-refractivity contribution in [1.82, 2.24) is 4.57 Å². The minimum absolute atomic E-state index is 0.118. The van der Waals surface area contributed by atoms with Crippen LogP contribution in [0.2, 0.25) is 0 Å². The third-order valence-corrected chi connectivity index (χ3v) is 6.84. The molecular weight excluding hydrogens is 488 g/mol. The number of fused-ring (bicyclic) bond motifs is 2. The van der Waals surface area contributed by atoms with Crippen molar-refractivity contribution in [3.05, 3.63) is 90.0 Å². The van der Waals surface area contributed by atoms with Gasteiger partial charge in [-0.15, -0.1) is 0 Å². The Kier molecular flexibility index (Phi) is 7.10. The molecule has 1 aliphatic rings. The predicted octanol–water partition coefficient (Wildman–Crippen LogP) is 5.24. The Bertz CT molecular complexity index is 1620. The molecule has 0 saturated carbocycles. The van der Waals surface area contributed by atoms with E-state index in [9.17, 15) is 0 Å². The van der Waals surface area contributed by atoms with Gasteiger partial charge < -0.3 is 18.4 Å². The van der Waals surface area contributed by atoms with Gasteiger partial charge in [-0.2, -0.15) is 4.58 Å². The number of hydrogen-bond donors (Lipinski definition) is 0. The largest absolute Gasteiger partial charge is 0.759 e. The molecule has 0 radical (unpaired) electrons. The summed E-state index contributed by atoms with van der Waals surface area (Å²) in [5, 5.41) is 1.27. The van der Waals surface area contributed by atoms with E-state index in [1.807, 2.05) is 6.07 Å². The van der Waals surface area contributed by atoms with E-state index in [1.54, 1.807) is 7.11 Å². The summed E-state index contributed by atoms with van der Waals surface area (Å²) < 4.78 is 44.2. The number of aryl methyl sites for hydroxylation is 1. The first-order chi connectivity index (χ1) is 17.4. The van der Waals surface area contributed by atoms with Crippen molar-refractivity contribution in [1.29, 1.82) is 0 Å². The first kappa shape index (κ1) is 26.3. The number of methoxy groups -OCH3 is 1. The van der Waals surface area contributed by atoms with E-state index in [0.29, 0.717) is 0 Å². The first-order valence-corrected chi connectivity index (χ1v) is 13.0. The van der Waals surface area contributed by atoms with Gasteiger partial charge in [0.05, 0.1) is 18.2 Å². The lowest BCUT2D eigenvalue weighted by Gasteiger charge is -2.16. The summed E-state index contributed by atoms with van der Waals surface area (Å²) in [4.78, 5) is 0. The lowest BCUT2D eigenvalue weighted by atomic mass is 9.81. The highest BCUT2D eigenvalue weighted by atomic mass is 32.3. The minimum Gasteiger partial charge on any atom is -0.759 e. The number of aromatic nitrogens is 1. The van der Waals surface area contributed by atoms with E-state index < -0.39 is 10.4 Å². The lowest BCUT2D eigenvalue weighted by Crippen LogP contribution is -2.26. The molecule has 192 valence electrons.